The topological polar surface area (TPSA) is 29.5 Å². The van der Waals surface area contributed by atoms with Gasteiger partial charge in [-0.1, -0.05) is 109 Å². The predicted molar refractivity (Wildman–Crippen MR) is 214 cm³/mol. The maximum atomic E-state index is 6.38. The van der Waals surface area contributed by atoms with Crippen LogP contribution in [0.2, 0.25) is 0 Å². The molecule has 3 nitrogen and oxygen atoms in total. The summed E-state index contributed by atoms with van der Waals surface area (Å²) in [5.41, 5.74) is 9.25. The van der Waals surface area contributed by atoms with Crippen LogP contribution in [0, 0.1) is 0 Å². The molecule has 0 spiro atoms. The lowest BCUT2D eigenvalue weighted by molar-refractivity contribution is 0.669. The minimum Gasteiger partial charge on any atom is -0.456 e. The Balaban J connectivity index is 1.13. The van der Waals surface area contributed by atoms with E-state index in [1.165, 1.54) is 38.1 Å². The number of hydrogen-bond donors (Lipinski definition) is 0. The van der Waals surface area contributed by atoms with Crippen LogP contribution in [0.3, 0.4) is 0 Å². The van der Waals surface area contributed by atoms with Gasteiger partial charge in [-0.3, -0.25) is 0 Å². The molecule has 0 unspecified atom stereocenters. The molecule has 238 valence electrons. The van der Waals surface area contributed by atoms with Crippen LogP contribution in [0.5, 0.6) is 0 Å². The molecule has 51 heavy (non-hydrogen) atoms. The van der Waals surface area contributed by atoms with Crippen LogP contribution in [0.1, 0.15) is 0 Å². The van der Waals surface area contributed by atoms with Gasteiger partial charge in [0.15, 0.2) is 0 Å². The fourth-order valence-electron chi connectivity index (χ4n) is 7.96. The second-order valence-electron chi connectivity index (χ2n) is 13.3. The highest BCUT2D eigenvalue weighted by atomic mass is 16.3. The Labute approximate surface area is 293 Å². The highest BCUT2D eigenvalue weighted by Gasteiger charge is 2.20. The molecule has 0 aliphatic rings. The van der Waals surface area contributed by atoms with Gasteiger partial charge in [0, 0.05) is 27.5 Å². The number of hydrogen-bond acceptors (Lipinski definition) is 3. The van der Waals surface area contributed by atoms with Gasteiger partial charge in [-0.15, -0.1) is 0 Å². The van der Waals surface area contributed by atoms with Crippen LogP contribution < -0.4 is 4.90 Å². The normalized spacial score (nSPS) is 11.9. The van der Waals surface area contributed by atoms with Crippen molar-refractivity contribution in [1.82, 2.24) is 0 Å². The lowest BCUT2D eigenvalue weighted by Crippen LogP contribution is -2.10. The number of anilines is 3. The third-order valence-corrected chi connectivity index (χ3v) is 10.4. The molecule has 0 bridgehead atoms. The van der Waals surface area contributed by atoms with Crippen molar-refractivity contribution in [2.24, 2.45) is 0 Å². The molecule has 0 saturated heterocycles. The number of furan rings is 2. The van der Waals surface area contributed by atoms with Gasteiger partial charge in [0.1, 0.15) is 22.3 Å². The zero-order chi connectivity index (χ0) is 33.5. The van der Waals surface area contributed by atoms with E-state index in [0.717, 1.165) is 66.3 Å². The summed E-state index contributed by atoms with van der Waals surface area (Å²) in [5, 5.41) is 11.6. The van der Waals surface area contributed by atoms with Gasteiger partial charge in [-0.25, -0.2) is 0 Å². The first-order valence-corrected chi connectivity index (χ1v) is 17.3. The molecule has 2 aromatic heterocycles. The van der Waals surface area contributed by atoms with Gasteiger partial charge in [-0.2, -0.15) is 0 Å². The Morgan fingerprint density at radius 3 is 1.80 bits per heavy atom. The molecular formula is C48H29NO2. The monoisotopic (exact) mass is 651 g/mol. The largest absolute Gasteiger partial charge is 0.456 e. The molecule has 11 aromatic rings. The molecule has 2 heterocycles. The fraction of sp³-hybridized carbons (Fsp3) is 0. The standard InChI is InChI=1S/C48H29NO2/c1-2-9-30(10-3-1)31-17-18-33-26-36(22-21-32(33)25-31)49(43-13-8-16-46-48(43)40-12-5-7-15-45(40)50-46)37-23-24-38-34(27-37)19-20-35-28-47-42(29-41(35)38)39-11-4-6-14-44(39)51-47/h1-29H. The van der Waals surface area contributed by atoms with Crippen LogP contribution in [0.15, 0.2) is 185 Å². The molecule has 11 rings (SSSR count). The lowest BCUT2D eigenvalue weighted by atomic mass is 9.98. The third kappa shape index (κ3) is 4.38. The van der Waals surface area contributed by atoms with E-state index in [9.17, 15) is 0 Å². The first-order valence-electron chi connectivity index (χ1n) is 17.3. The third-order valence-electron chi connectivity index (χ3n) is 10.4. The van der Waals surface area contributed by atoms with Gasteiger partial charge in [0.25, 0.3) is 0 Å². The minimum absolute atomic E-state index is 0.870. The molecule has 0 N–H and O–H groups in total. The zero-order valence-corrected chi connectivity index (χ0v) is 27.5. The Kier molecular flexibility index (Phi) is 5.96. The number of rotatable bonds is 4. The number of fused-ring (bicyclic) bond motifs is 10. The second kappa shape index (κ2) is 10.8. The smallest absolute Gasteiger partial charge is 0.137 e. The summed E-state index contributed by atoms with van der Waals surface area (Å²) in [6.07, 6.45) is 0. The van der Waals surface area contributed by atoms with Crippen LogP contribution in [0.25, 0.3) is 87.3 Å². The van der Waals surface area contributed by atoms with Gasteiger partial charge >= 0.3 is 0 Å². The summed E-state index contributed by atoms with van der Waals surface area (Å²) >= 11 is 0. The van der Waals surface area contributed by atoms with E-state index in [1.54, 1.807) is 0 Å². The molecule has 0 amide bonds. The van der Waals surface area contributed by atoms with Crippen LogP contribution in [0.4, 0.5) is 17.1 Å². The molecular weight excluding hydrogens is 623 g/mol. The van der Waals surface area contributed by atoms with E-state index in [-0.39, 0.29) is 0 Å². The maximum Gasteiger partial charge on any atom is 0.137 e. The Hall–Kier alpha value is -6.84. The summed E-state index contributed by atoms with van der Waals surface area (Å²) < 4.78 is 12.6. The molecule has 0 radical (unpaired) electrons. The SMILES string of the molecule is c1ccc(-c2ccc3cc(N(c4ccc5c(ccc6cc7oc8ccccc8c7cc65)c4)c4cccc5oc6ccccc6c45)ccc3c2)cc1. The first kappa shape index (κ1) is 28.0. The highest BCUT2D eigenvalue weighted by Crippen LogP contribution is 2.45. The molecule has 0 saturated carbocycles. The Morgan fingerprint density at radius 2 is 0.941 bits per heavy atom. The van der Waals surface area contributed by atoms with Gasteiger partial charge < -0.3 is 13.7 Å². The predicted octanol–water partition coefficient (Wildman–Crippen LogP) is 14.1. The molecule has 3 heteroatoms. The second-order valence-corrected chi connectivity index (χ2v) is 13.3. The van der Waals surface area contributed by atoms with Crippen LogP contribution in [-0.4, -0.2) is 0 Å². The fourth-order valence-corrected chi connectivity index (χ4v) is 7.96. The van der Waals surface area contributed by atoms with Crippen molar-refractivity contribution < 1.29 is 8.83 Å². The average Bonchev–Trinajstić information content (AvgIpc) is 3.75. The van der Waals surface area contributed by atoms with Gasteiger partial charge in [0.05, 0.1) is 11.1 Å². The molecule has 0 fully saturated rings. The first-order chi connectivity index (χ1) is 25.2. The number of benzene rings is 9. The minimum atomic E-state index is 0.870. The van der Waals surface area contributed by atoms with Crippen molar-refractivity contribution in [3.8, 4) is 11.1 Å². The number of nitrogens with zero attached hydrogens (tertiary/aromatic N) is 1. The van der Waals surface area contributed by atoms with E-state index in [4.69, 9.17) is 8.83 Å². The van der Waals surface area contributed by atoms with Crippen molar-refractivity contribution >= 4 is 93.3 Å². The van der Waals surface area contributed by atoms with E-state index in [2.05, 4.69) is 157 Å². The summed E-state index contributed by atoms with van der Waals surface area (Å²) in [7, 11) is 0. The summed E-state index contributed by atoms with van der Waals surface area (Å²) in [6, 6.07) is 62.8. The van der Waals surface area contributed by atoms with Crippen molar-refractivity contribution in [3.05, 3.63) is 176 Å². The zero-order valence-electron chi connectivity index (χ0n) is 27.5. The molecule has 0 aliphatic carbocycles. The van der Waals surface area contributed by atoms with Gasteiger partial charge in [-0.05, 0) is 110 Å². The van der Waals surface area contributed by atoms with Crippen LogP contribution in [-0.2, 0) is 0 Å². The average molecular weight is 652 g/mol. The van der Waals surface area contributed by atoms with Gasteiger partial charge in [0.2, 0.25) is 0 Å². The Morgan fingerprint density at radius 1 is 0.314 bits per heavy atom. The van der Waals surface area contributed by atoms with Crippen molar-refractivity contribution in [2.45, 2.75) is 0 Å². The van der Waals surface area contributed by atoms with E-state index < -0.39 is 0 Å². The van der Waals surface area contributed by atoms with E-state index in [1.807, 2.05) is 24.3 Å². The van der Waals surface area contributed by atoms with Crippen molar-refractivity contribution in [3.63, 3.8) is 0 Å². The quantitative estimate of drug-likeness (QED) is 0.177. The highest BCUT2D eigenvalue weighted by molar-refractivity contribution is 6.18. The van der Waals surface area contributed by atoms with E-state index in [0.29, 0.717) is 0 Å². The Bertz CT molecular complexity index is 3150. The summed E-state index contributed by atoms with van der Waals surface area (Å²) in [4.78, 5) is 2.38. The van der Waals surface area contributed by atoms with Crippen molar-refractivity contribution in [1.29, 1.82) is 0 Å². The molecule has 9 aromatic carbocycles. The maximum absolute atomic E-state index is 6.38. The van der Waals surface area contributed by atoms with Crippen molar-refractivity contribution in [2.75, 3.05) is 4.90 Å². The number of para-hydroxylation sites is 2. The van der Waals surface area contributed by atoms with Crippen LogP contribution >= 0.6 is 0 Å². The molecule has 0 aliphatic heterocycles. The summed E-state index contributed by atoms with van der Waals surface area (Å²) in [5.74, 6) is 0. The summed E-state index contributed by atoms with van der Waals surface area (Å²) in [6.45, 7) is 0. The molecule has 0 atom stereocenters. The lowest BCUT2D eigenvalue weighted by Gasteiger charge is -2.27. The van der Waals surface area contributed by atoms with E-state index >= 15 is 0 Å².